The molecular weight excluding hydrogens is 206 g/mol. The van der Waals surface area contributed by atoms with Crippen LogP contribution < -0.4 is 5.32 Å². The standard InChI is InChI=1S/C12H23NO3/c1-4-9-13-12(11(14)16-3)8-6-5-7-10(12)15-2/h10,13H,4-9H2,1-3H3. The monoisotopic (exact) mass is 229 g/mol. The molecular formula is C12H23NO3. The molecule has 0 radical (unpaired) electrons. The van der Waals surface area contributed by atoms with Gasteiger partial charge >= 0.3 is 5.97 Å². The van der Waals surface area contributed by atoms with Crippen LogP contribution in [0.3, 0.4) is 0 Å². The molecule has 0 aromatic carbocycles. The highest BCUT2D eigenvalue weighted by Gasteiger charge is 2.48. The Bertz CT molecular complexity index is 232. The second kappa shape index (κ2) is 6.21. The van der Waals surface area contributed by atoms with E-state index in [0.29, 0.717) is 0 Å². The second-order valence-corrected chi connectivity index (χ2v) is 4.36. The van der Waals surface area contributed by atoms with Crippen molar-refractivity contribution in [3.05, 3.63) is 0 Å². The molecule has 0 aliphatic heterocycles. The number of hydrogen-bond donors (Lipinski definition) is 1. The Hall–Kier alpha value is -0.610. The van der Waals surface area contributed by atoms with Crippen molar-refractivity contribution in [2.45, 2.75) is 50.7 Å². The fourth-order valence-electron chi connectivity index (χ4n) is 2.50. The van der Waals surface area contributed by atoms with E-state index in [1.807, 2.05) is 0 Å². The first-order valence-electron chi connectivity index (χ1n) is 6.07. The molecule has 1 N–H and O–H groups in total. The summed E-state index contributed by atoms with van der Waals surface area (Å²) in [6.07, 6.45) is 4.81. The molecule has 16 heavy (non-hydrogen) atoms. The van der Waals surface area contributed by atoms with Gasteiger partial charge < -0.3 is 9.47 Å². The maximum atomic E-state index is 12.0. The van der Waals surface area contributed by atoms with Gasteiger partial charge in [-0.1, -0.05) is 19.8 Å². The minimum absolute atomic E-state index is 0.0692. The minimum atomic E-state index is -0.627. The molecule has 1 fully saturated rings. The highest BCUT2D eigenvalue weighted by Crippen LogP contribution is 2.31. The summed E-state index contributed by atoms with van der Waals surface area (Å²) in [7, 11) is 3.11. The molecule has 0 spiro atoms. The van der Waals surface area contributed by atoms with Crippen molar-refractivity contribution >= 4 is 5.97 Å². The molecule has 1 saturated carbocycles. The predicted molar refractivity (Wildman–Crippen MR) is 62.3 cm³/mol. The largest absolute Gasteiger partial charge is 0.468 e. The van der Waals surface area contributed by atoms with Crippen LogP contribution in [0.2, 0.25) is 0 Å². The van der Waals surface area contributed by atoms with Crippen LogP contribution >= 0.6 is 0 Å². The van der Waals surface area contributed by atoms with E-state index >= 15 is 0 Å². The van der Waals surface area contributed by atoms with Gasteiger partial charge in [-0.15, -0.1) is 0 Å². The van der Waals surface area contributed by atoms with E-state index in [0.717, 1.165) is 38.6 Å². The molecule has 0 aromatic rings. The second-order valence-electron chi connectivity index (χ2n) is 4.36. The third-order valence-corrected chi connectivity index (χ3v) is 3.36. The van der Waals surface area contributed by atoms with E-state index in [9.17, 15) is 4.79 Å². The first kappa shape index (κ1) is 13.5. The van der Waals surface area contributed by atoms with Crippen molar-refractivity contribution in [2.24, 2.45) is 0 Å². The van der Waals surface area contributed by atoms with Gasteiger partial charge in [-0.2, -0.15) is 0 Å². The molecule has 0 saturated heterocycles. The molecule has 0 aromatic heterocycles. The molecule has 4 nitrogen and oxygen atoms in total. The summed E-state index contributed by atoms with van der Waals surface area (Å²) < 4.78 is 10.4. The first-order valence-corrected chi connectivity index (χ1v) is 6.07. The van der Waals surface area contributed by atoms with Crippen LogP contribution in [0.15, 0.2) is 0 Å². The van der Waals surface area contributed by atoms with Gasteiger partial charge in [0.25, 0.3) is 0 Å². The Balaban J connectivity index is 2.84. The number of carbonyl (C=O) groups excluding carboxylic acids is 1. The van der Waals surface area contributed by atoms with E-state index in [2.05, 4.69) is 12.2 Å². The third kappa shape index (κ3) is 2.55. The number of ether oxygens (including phenoxy) is 2. The summed E-state index contributed by atoms with van der Waals surface area (Å²) in [4.78, 5) is 12.0. The van der Waals surface area contributed by atoms with Crippen LogP contribution in [0.1, 0.15) is 39.0 Å². The molecule has 1 aliphatic carbocycles. The summed E-state index contributed by atoms with van der Waals surface area (Å²) in [5.74, 6) is -0.187. The molecule has 1 aliphatic rings. The van der Waals surface area contributed by atoms with E-state index in [-0.39, 0.29) is 12.1 Å². The number of carbonyl (C=O) groups is 1. The number of rotatable bonds is 5. The predicted octanol–water partition coefficient (Wildman–Crippen LogP) is 1.49. The number of esters is 1. The molecule has 1 rings (SSSR count). The van der Waals surface area contributed by atoms with Crippen molar-refractivity contribution in [1.29, 1.82) is 0 Å². The third-order valence-electron chi connectivity index (χ3n) is 3.36. The Morgan fingerprint density at radius 3 is 2.75 bits per heavy atom. The van der Waals surface area contributed by atoms with Crippen LogP contribution in [0.25, 0.3) is 0 Å². The molecule has 0 heterocycles. The van der Waals surface area contributed by atoms with Gasteiger partial charge in [0.05, 0.1) is 13.2 Å². The zero-order valence-electron chi connectivity index (χ0n) is 10.5. The Morgan fingerprint density at radius 1 is 1.44 bits per heavy atom. The quantitative estimate of drug-likeness (QED) is 0.726. The van der Waals surface area contributed by atoms with Gasteiger partial charge in [-0.3, -0.25) is 5.32 Å². The summed E-state index contributed by atoms with van der Waals surface area (Å²) in [5, 5.41) is 3.34. The lowest BCUT2D eigenvalue weighted by atomic mass is 9.78. The maximum Gasteiger partial charge on any atom is 0.328 e. The molecule has 0 bridgehead atoms. The topological polar surface area (TPSA) is 47.6 Å². The summed E-state index contributed by atoms with van der Waals surface area (Å²) >= 11 is 0. The summed E-state index contributed by atoms with van der Waals surface area (Å²) in [6.45, 7) is 2.90. The van der Waals surface area contributed by atoms with Crippen LogP contribution in [0, 0.1) is 0 Å². The zero-order chi connectivity index (χ0) is 12.0. The lowest BCUT2D eigenvalue weighted by Crippen LogP contribution is -2.62. The van der Waals surface area contributed by atoms with Gasteiger partial charge in [-0.05, 0) is 25.8 Å². The Kier molecular flexibility index (Phi) is 5.22. The van der Waals surface area contributed by atoms with E-state index < -0.39 is 5.54 Å². The van der Waals surface area contributed by atoms with E-state index in [1.165, 1.54) is 7.11 Å². The Morgan fingerprint density at radius 2 is 2.19 bits per heavy atom. The van der Waals surface area contributed by atoms with Crippen molar-refractivity contribution < 1.29 is 14.3 Å². The highest BCUT2D eigenvalue weighted by atomic mass is 16.5. The fourth-order valence-corrected chi connectivity index (χ4v) is 2.50. The van der Waals surface area contributed by atoms with Crippen molar-refractivity contribution in [2.75, 3.05) is 20.8 Å². The van der Waals surface area contributed by atoms with Gasteiger partial charge in [0.15, 0.2) is 0 Å². The van der Waals surface area contributed by atoms with Gasteiger partial charge in [0, 0.05) is 7.11 Å². The molecule has 2 atom stereocenters. The Labute approximate surface area is 97.7 Å². The van der Waals surface area contributed by atoms with Crippen LogP contribution in [-0.4, -0.2) is 38.4 Å². The lowest BCUT2D eigenvalue weighted by molar-refractivity contribution is -0.158. The van der Waals surface area contributed by atoms with Crippen molar-refractivity contribution in [1.82, 2.24) is 5.32 Å². The maximum absolute atomic E-state index is 12.0. The SMILES string of the molecule is CCCNC1(C(=O)OC)CCCCC1OC. The van der Waals surface area contributed by atoms with Gasteiger partial charge in [-0.25, -0.2) is 4.79 Å². The lowest BCUT2D eigenvalue weighted by Gasteiger charge is -2.41. The molecule has 2 unspecified atom stereocenters. The van der Waals surface area contributed by atoms with Crippen LogP contribution in [0.4, 0.5) is 0 Å². The van der Waals surface area contributed by atoms with E-state index in [1.54, 1.807) is 7.11 Å². The zero-order valence-corrected chi connectivity index (χ0v) is 10.5. The van der Waals surface area contributed by atoms with Crippen LogP contribution in [-0.2, 0) is 14.3 Å². The normalized spacial score (nSPS) is 30.1. The van der Waals surface area contributed by atoms with E-state index in [4.69, 9.17) is 9.47 Å². The smallest absolute Gasteiger partial charge is 0.328 e. The van der Waals surface area contributed by atoms with Crippen molar-refractivity contribution in [3.63, 3.8) is 0 Å². The first-order chi connectivity index (χ1) is 7.71. The van der Waals surface area contributed by atoms with Crippen molar-refractivity contribution in [3.8, 4) is 0 Å². The average Bonchev–Trinajstić information content (AvgIpc) is 2.35. The molecule has 4 heteroatoms. The number of nitrogens with one attached hydrogen (secondary N) is 1. The van der Waals surface area contributed by atoms with Gasteiger partial charge in [0.1, 0.15) is 5.54 Å². The minimum Gasteiger partial charge on any atom is -0.468 e. The van der Waals surface area contributed by atoms with Crippen LogP contribution in [0.5, 0.6) is 0 Å². The highest BCUT2D eigenvalue weighted by molar-refractivity contribution is 5.81. The number of methoxy groups -OCH3 is 2. The molecule has 94 valence electrons. The summed E-state index contributed by atoms with van der Waals surface area (Å²) in [5.41, 5.74) is -0.627. The molecule has 0 amide bonds. The number of hydrogen-bond acceptors (Lipinski definition) is 4. The summed E-state index contributed by atoms with van der Waals surface area (Å²) in [6, 6.07) is 0. The van der Waals surface area contributed by atoms with Gasteiger partial charge in [0.2, 0.25) is 0 Å². The average molecular weight is 229 g/mol. The fraction of sp³-hybridized carbons (Fsp3) is 0.917.